The summed E-state index contributed by atoms with van der Waals surface area (Å²) in [5.41, 5.74) is 5.27. The molecule has 4 aliphatic rings. The van der Waals surface area contributed by atoms with E-state index in [0.29, 0.717) is 17.8 Å². The molecular formula is C28H40O3. The maximum absolute atomic E-state index is 11.9. The van der Waals surface area contributed by atoms with E-state index in [2.05, 4.69) is 39.5 Å². The number of carbonyl (C=O) groups excluding carboxylic acids is 1. The van der Waals surface area contributed by atoms with Gasteiger partial charge in [-0.1, -0.05) is 38.2 Å². The molecule has 0 aromatic rings. The molecule has 0 bridgehead atoms. The van der Waals surface area contributed by atoms with Crippen LogP contribution in [-0.2, 0) is 9.53 Å². The molecule has 0 aliphatic heterocycles. The zero-order valence-electron chi connectivity index (χ0n) is 19.7. The predicted molar refractivity (Wildman–Crippen MR) is 125 cm³/mol. The van der Waals surface area contributed by atoms with E-state index in [0.717, 1.165) is 31.3 Å². The monoisotopic (exact) mass is 424 g/mol. The Kier molecular flexibility index (Phi) is 6.62. The van der Waals surface area contributed by atoms with Crippen molar-refractivity contribution in [3.63, 3.8) is 0 Å². The largest absolute Gasteiger partial charge is 0.493 e. The second-order valence-corrected chi connectivity index (χ2v) is 11.0. The molecule has 0 aromatic heterocycles. The second-order valence-electron chi connectivity index (χ2n) is 11.0. The summed E-state index contributed by atoms with van der Waals surface area (Å²) < 4.78 is 5.71. The number of aliphatic hydroxyl groups excluding tert-OH is 1. The molecule has 4 fully saturated rings. The van der Waals surface area contributed by atoms with Crippen LogP contribution in [0.25, 0.3) is 0 Å². The highest BCUT2D eigenvalue weighted by Gasteiger charge is 2.49. The average Bonchev–Trinajstić information content (AvgIpc) is 3.51. The molecule has 5 atom stereocenters. The first kappa shape index (κ1) is 22.6. The maximum Gasteiger partial charge on any atom is 0.173 e. The third-order valence-electron chi connectivity index (χ3n) is 8.55. The number of ether oxygens (including phenoxy) is 1. The van der Waals surface area contributed by atoms with Gasteiger partial charge in [0.1, 0.15) is 6.61 Å². The summed E-state index contributed by atoms with van der Waals surface area (Å²) in [5.74, 6) is 2.18. The van der Waals surface area contributed by atoms with E-state index < -0.39 is 0 Å². The number of ketones is 1. The molecule has 0 saturated heterocycles. The molecule has 0 radical (unpaired) electrons. The van der Waals surface area contributed by atoms with Crippen LogP contribution < -0.4 is 0 Å². The van der Waals surface area contributed by atoms with Crippen LogP contribution in [0.2, 0.25) is 0 Å². The van der Waals surface area contributed by atoms with Crippen LogP contribution in [-0.4, -0.2) is 23.6 Å². The van der Waals surface area contributed by atoms with Gasteiger partial charge in [-0.2, -0.15) is 0 Å². The third-order valence-corrected chi connectivity index (χ3v) is 8.55. The first-order valence-electron chi connectivity index (χ1n) is 12.4. The Morgan fingerprint density at radius 2 is 2.03 bits per heavy atom. The molecule has 3 nitrogen and oxygen atoms in total. The predicted octanol–water partition coefficient (Wildman–Crippen LogP) is 6.30. The minimum absolute atomic E-state index is 0.238. The van der Waals surface area contributed by atoms with Crippen molar-refractivity contribution in [2.45, 2.75) is 84.7 Å². The Labute approximate surface area is 188 Å². The standard InChI is InChI=1S/C28H40O3/c1-18-14-23(20(3)26(29)15-18)10-7-21-6-5-13-28(4)24(11-12-25(21)28)19(2)16-31-17-27(30)22-8-9-22/h7,10,16,18,22,24-26,29H,3,5-6,8-9,11-15,17H2,1-2,4H3/b19-16+,21-7+,23-10-/t18-,24-,25?,26+,28-/m1/s1. The first-order chi connectivity index (χ1) is 14.8. The summed E-state index contributed by atoms with van der Waals surface area (Å²) in [4.78, 5) is 11.9. The fourth-order valence-electron chi connectivity index (χ4n) is 6.56. The zero-order valence-corrected chi connectivity index (χ0v) is 19.7. The number of hydrogen-bond donors (Lipinski definition) is 1. The van der Waals surface area contributed by atoms with Gasteiger partial charge < -0.3 is 9.84 Å². The van der Waals surface area contributed by atoms with Crippen LogP contribution in [0.4, 0.5) is 0 Å². The number of aliphatic hydroxyl groups is 1. The van der Waals surface area contributed by atoms with E-state index in [1.807, 2.05) is 6.26 Å². The number of carbonyl (C=O) groups is 1. The lowest BCUT2D eigenvalue weighted by atomic mass is 9.62. The minimum atomic E-state index is -0.388. The van der Waals surface area contributed by atoms with Crippen LogP contribution in [0.3, 0.4) is 0 Å². The van der Waals surface area contributed by atoms with Crippen molar-refractivity contribution < 1.29 is 14.6 Å². The molecule has 0 aromatic carbocycles. The Bertz CT molecular complexity index is 812. The Morgan fingerprint density at radius 3 is 2.77 bits per heavy atom. The summed E-state index contributed by atoms with van der Waals surface area (Å²) in [6, 6.07) is 0. The summed E-state index contributed by atoms with van der Waals surface area (Å²) in [6.07, 6.45) is 16.1. The van der Waals surface area contributed by atoms with Crippen LogP contribution >= 0.6 is 0 Å². The van der Waals surface area contributed by atoms with Gasteiger partial charge in [0.15, 0.2) is 5.78 Å². The quantitative estimate of drug-likeness (QED) is 0.509. The lowest BCUT2D eigenvalue weighted by Gasteiger charge is -2.42. The van der Waals surface area contributed by atoms with Gasteiger partial charge in [0.05, 0.1) is 12.4 Å². The molecule has 31 heavy (non-hydrogen) atoms. The average molecular weight is 425 g/mol. The summed E-state index contributed by atoms with van der Waals surface area (Å²) in [7, 11) is 0. The summed E-state index contributed by atoms with van der Waals surface area (Å²) in [6.45, 7) is 11.3. The van der Waals surface area contributed by atoms with E-state index in [1.165, 1.54) is 43.3 Å². The van der Waals surface area contributed by atoms with Crippen molar-refractivity contribution >= 4 is 5.78 Å². The van der Waals surface area contributed by atoms with Gasteiger partial charge in [-0.25, -0.2) is 0 Å². The number of fused-ring (bicyclic) bond motifs is 1. The Hall–Kier alpha value is -1.61. The Morgan fingerprint density at radius 1 is 1.26 bits per heavy atom. The molecule has 0 heterocycles. The van der Waals surface area contributed by atoms with E-state index in [4.69, 9.17) is 4.74 Å². The van der Waals surface area contributed by atoms with E-state index >= 15 is 0 Å². The fraction of sp³-hybridized carbons (Fsp3) is 0.679. The highest BCUT2D eigenvalue weighted by Crippen LogP contribution is 2.59. The fourth-order valence-corrected chi connectivity index (χ4v) is 6.56. The topological polar surface area (TPSA) is 46.5 Å². The number of hydrogen-bond acceptors (Lipinski definition) is 3. The van der Waals surface area contributed by atoms with Crippen LogP contribution in [0.5, 0.6) is 0 Å². The molecule has 4 aliphatic carbocycles. The molecule has 0 amide bonds. The van der Waals surface area contributed by atoms with Crippen LogP contribution in [0.1, 0.15) is 78.6 Å². The highest BCUT2D eigenvalue weighted by molar-refractivity contribution is 5.84. The molecule has 4 rings (SSSR count). The number of rotatable bonds is 6. The van der Waals surface area contributed by atoms with Crippen molar-refractivity contribution in [3.05, 3.63) is 47.3 Å². The molecule has 4 saturated carbocycles. The molecule has 1 N–H and O–H groups in total. The van der Waals surface area contributed by atoms with Gasteiger partial charge in [-0.15, -0.1) is 0 Å². The normalized spacial score (nSPS) is 39.1. The van der Waals surface area contributed by atoms with Gasteiger partial charge >= 0.3 is 0 Å². The smallest absolute Gasteiger partial charge is 0.173 e. The van der Waals surface area contributed by atoms with E-state index in [-0.39, 0.29) is 29.8 Å². The molecule has 170 valence electrons. The van der Waals surface area contributed by atoms with Gasteiger partial charge in [0, 0.05) is 5.92 Å². The van der Waals surface area contributed by atoms with Crippen molar-refractivity contribution in [1.29, 1.82) is 0 Å². The SMILES string of the molecule is C=C1/C(=C\C=C2/CCC[C@@]3(C)C2CC[C@@H]3/C(C)=C/OCC(=O)C2CC2)C[C@@H](C)C[C@@H]1O. The second kappa shape index (κ2) is 9.10. The summed E-state index contributed by atoms with van der Waals surface area (Å²) in [5, 5.41) is 10.3. The van der Waals surface area contributed by atoms with Gasteiger partial charge in [0.2, 0.25) is 0 Å². The van der Waals surface area contributed by atoms with Crippen molar-refractivity contribution in [2.75, 3.05) is 6.61 Å². The molecule has 1 unspecified atom stereocenters. The minimum Gasteiger partial charge on any atom is -0.493 e. The zero-order chi connectivity index (χ0) is 22.2. The lowest BCUT2D eigenvalue weighted by Crippen LogP contribution is -2.33. The van der Waals surface area contributed by atoms with Crippen LogP contribution in [0, 0.1) is 29.1 Å². The highest BCUT2D eigenvalue weighted by atomic mass is 16.5. The Balaban J connectivity index is 1.45. The number of allylic oxidation sites excluding steroid dienone is 4. The van der Waals surface area contributed by atoms with Gasteiger partial charge in [-0.3, -0.25) is 4.79 Å². The van der Waals surface area contributed by atoms with Crippen molar-refractivity contribution in [1.82, 2.24) is 0 Å². The van der Waals surface area contributed by atoms with E-state index in [1.54, 1.807) is 5.57 Å². The molecule has 3 heteroatoms. The van der Waals surface area contributed by atoms with Crippen molar-refractivity contribution in [3.8, 4) is 0 Å². The lowest BCUT2D eigenvalue weighted by molar-refractivity contribution is -0.123. The van der Waals surface area contributed by atoms with Gasteiger partial charge in [-0.05, 0) is 105 Å². The van der Waals surface area contributed by atoms with Gasteiger partial charge in [0.25, 0.3) is 0 Å². The number of Topliss-reactive ketones (excluding diaryl/α,β-unsaturated/α-hetero) is 1. The van der Waals surface area contributed by atoms with Crippen LogP contribution in [0.15, 0.2) is 47.3 Å². The van der Waals surface area contributed by atoms with E-state index in [9.17, 15) is 9.90 Å². The molecule has 0 spiro atoms. The third kappa shape index (κ3) is 4.77. The molecular weight excluding hydrogens is 384 g/mol. The summed E-state index contributed by atoms with van der Waals surface area (Å²) >= 11 is 0. The maximum atomic E-state index is 11.9. The first-order valence-corrected chi connectivity index (χ1v) is 12.4. The van der Waals surface area contributed by atoms with Crippen molar-refractivity contribution in [2.24, 2.45) is 29.1 Å².